The van der Waals surface area contributed by atoms with Crippen molar-refractivity contribution in [3.05, 3.63) is 28.8 Å². The highest BCUT2D eigenvalue weighted by Gasteiger charge is 2.16. The van der Waals surface area contributed by atoms with Crippen molar-refractivity contribution in [2.75, 3.05) is 26.4 Å². The molecule has 1 heterocycles. The molecule has 20 heavy (non-hydrogen) atoms. The van der Waals surface area contributed by atoms with Gasteiger partial charge in [-0.2, -0.15) is 0 Å². The lowest BCUT2D eigenvalue weighted by molar-refractivity contribution is -0.0659. The second-order valence-corrected chi connectivity index (χ2v) is 5.40. The van der Waals surface area contributed by atoms with Crippen molar-refractivity contribution in [3.8, 4) is 5.75 Å². The van der Waals surface area contributed by atoms with Crippen LogP contribution >= 0.6 is 11.6 Å². The summed E-state index contributed by atoms with van der Waals surface area (Å²) >= 11 is 6.06. The van der Waals surface area contributed by atoms with Gasteiger partial charge in [0.05, 0.1) is 17.7 Å². The van der Waals surface area contributed by atoms with Crippen LogP contribution < -0.4 is 4.74 Å². The van der Waals surface area contributed by atoms with Gasteiger partial charge in [-0.3, -0.25) is 0 Å². The van der Waals surface area contributed by atoms with Gasteiger partial charge in [0.1, 0.15) is 18.5 Å². The fraction of sp³-hybridized carbons (Fsp3) is 0.600. The number of aliphatic hydroxyl groups is 1. The average molecular weight is 301 g/mol. The summed E-state index contributed by atoms with van der Waals surface area (Å²) in [5, 5.41) is 10.5. The van der Waals surface area contributed by atoms with Crippen LogP contribution in [0.1, 0.15) is 18.4 Å². The Morgan fingerprint density at radius 2 is 2.10 bits per heavy atom. The van der Waals surface area contributed by atoms with E-state index in [0.717, 1.165) is 31.6 Å². The van der Waals surface area contributed by atoms with E-state index in [1.165, 1.54) is 0 Å². The predicted octanol–water partition coefficient (Wildman–Crippen LogP) is 2.58. The van der Waals surface area contributed by atoms with Gasteiger partial charge in [0, 0.05) is 13.2 Å². The van der Waals surface area contributed by atoms with Crippen LogP contribution in [-0.2, 0) is 9.47 Å². The minimum atomic E-state index is -0.659. The first-order valence-corrected chi connectivity index (χ1v) is 7.30. The molecule has 0 aromatic heterocycles. The van der Waals surface area contributed by atoms with Crippen LogP contribution in [-0.4, -0.2) is 43.7 Å². The van der Waals surface area contributed by atoms with Crippen LogP contribution in [0, 0.1) is 6.92 Å². The van der Waals surface area contributed by atoms with E-state index in [-0.39, 0.29) is 19.3 Å². The molecular weight excluding hydrogens is 280 g/mol. The van der Waals surface area contributed by atoms with Gasteiger partial charge in [-0.15, -0.1) is 0 Å². The SMILES string of the molecule is Cc1cccc(Cl)c1OCC(O)COC1CCOCC1. The Hall–Kier alpha value is -0.810. The topological polar surface area (TPSA) is 47.9 Å². The molecule has 0 radical (unpaired) electrons. The van der Waals surface area contributed by atoms with Crippen molar-refractivity contribution in [3.63, 3.8) is 0 Å². The molecular formula is C15H21ClO4. The fourth-order valence-electron chi connectivity index (χ4n) is 2.12. The lowest BCUT2D eigenvalue weighted by atomic mass is 10.1. The molecule has 2 rings (SSSR count). The molecule has 0 spiro atoms. The Kier molecular flexibility index (Phi) is 6.10. The molecule has 112 valence electrons. The summed E-state index contributed by atoms with van der Waals surface area (Å²) in [6.45, 7) is 3.83. The Morgan fingerprint density at radius 3 is 2.80 bits per heavy atom. The number of hydrogen-bond donors (Lipinski definition) is 1. The van der Waals surface area contributed by atoms with Crippen LogP contribution in [0.2, 0.25) is 5.02 Å². The maximum Gasteiger partial charge on any atom is 0.140 e. The molecule has 1 aromatic rings. The standard InChI is InChI=1S/C15H21ClO4/c1-11-3-2-4-14(16)15(11)20-10-12(17)9-19-13-5-7-18-8-6-13/h2-4,12-13,17H,5-10H2,1H3. The Balaban J connectivity index is 1.73. The zero-order valence-electron chi connectivity index (χ0n) is 11.7. The summed E-state index contributed by atoms with van der Waals surface area (Å²) in [4.78, 5) is 0. The molecule has 1 fully saturated rings. The Morgan fingerprint density at radius 1 is 1.35 bits per heavy atom. The normalized spacial score (nSPS) is 17.9. The largest absolute Gasteiger partial charge is 0.489 e. The number of para-hydroxylation sites is 1. The predicted molar refractivity (Wildman–Crippen MR) is 77.5 cm³/mol. The summed E-state index contributed by atoms with van der Waals surface area (Å²) < 4.78 is 16.5. The zero-order valence-corrected chi connectivity index (χ0v) is 12.4. The van der Waals surface area contributed by atoms with Gasteiger partial charge in [-0.25, -0.2) is 0 Å². The van der Waals surface area contributed by atoms with E-state index in [0.29, 0.717) is 10.8 Å². The van der Waals surface area contributed by atoms with Crippen molar-refractivity contribution >= 4 is 11.6 Å². The van der Waals surface area contributed by atoms with E-state index in [2.05, 4.69) is 0 Å². The van der Waals surface area contributed by atoms with Crippen LogP contribution in [0.15, 0.2) is 18.2 Å². The minimum absolute atomic E-state index is 0.174. The van der Waals surface area contributed by atoms with E-state index in [4.69, 9.17) is 25.8 Å². The lowest BCUT2D eigenvalue weighted by Crippen LogP contribution is -2.30. The molecule has 0 bridgehead atoms. The summed E-state index contributed by atoms with van der Waals surface area (Å²) in [5.41, 5.74) is 0.954. The number of rotatable bonds is 6. The summed E-state index contributed by atoms with van der Waals surface area (Å²) in [6, 6.07) is 5.57. The number of benzene rings is 1. The Labute approximate surface area is 124 Å². The summed E-state index contributed by atoms with van der Waals surface area (Å²) in [5.74, 6) is 0.624. The van der Waals surface area contributed by atoms with E-state index >= 15 is 0 Å². The number of ether oxygens (including phenoxy) is 3. The zero-order chi connectivity index (χ0) is 14.4. The number of halogens is 1. The fourth-order valence-corrected chi connectivity index (χ4v) is 2.39. The monoisotopic (exact) mass is 300 g/mol. The summed E-state index contributed by atoms with van der Waals surface area (Å²) in [7, 11) is 0. The number of aryl methyl sites for hydroxylation is 1. The van der Waals surface area contributed by atoms with Gasteiger partial charge in [0.25, 0.3) is 0 Å². The third-order valence-electron chi connectivity index (χ3n) is 3.28. The van der Waals surface area contributed by atoms with Gasteiger partial charge < -0.3 is 19.3 Å². The molecule has 0 aliphatic carbocycles. The van der Waals surface area contributed by atoms with Gasteiger partial charge >= 0.3 is 0 Å². The first-order chi connectivity index (χ1) is 9.66. The minimum Gasteiger partial charge on any atom is -0.489 e. The molecule has 1 aliphatic rings. The summed E-state index contributed by atoms with van der Waals surface area (Å²) in [6.07, 6.45) is 1.29. The average Bonchev–Trinajstić information content (AvgIpc) is 2.46. The van der Waals surface area contributed by atoms with Gasteiger partial charge in [0.15, 0.2) is 0 Å². The van der Waals surface area contributed by atoms with Crippen molar-refractivity contribution in [2.24, 2.45) is 0 Å². The third kappa shape index (κ3) is 4.63. The van der Waals surface area contributed by atoms with Gasteiger partial charge in [-0.1, -0.05) is 23.7 Å². The molecule has 1 atom stereocenters. The highest BCUT2D eigenvalue weighted by molar-refractivity contribution is 6.32. The van der Waals surface area contributed by atoms with E-state index in [1.807, 2.05) is 19.1 Å². The van der Waals surface area contributed by atoms with Crippen LogP contribution in [0.5, 0.6) is 5.75 Å². The van der Waals surface area contributed by atoms with Gasteiger partial charge in [-0.05, 0) is 31.4 Å². The highest BCUT2D eigenvalue weighted by atomic mass is 35.5. The van der Waals surface area contributed by atoms with Crippen molar-refractivity contribution in [2.45, 2.75) is 32.0 Å². The van der Waals surface area contributed by atoms with E-state index in [9.17, 15) is 5.11 Å². The molecule has 1 unspecified atom stereocenters. The quantitative estimate of drug-likeness (QED) is 0.877. The van der Waals surface area contributed by atoms with Gasteiger partial charge in [0.2, 0.25) is 0 Å². The van der Waals surface area contributed by atoms with Crippen LogP contribution in [0.4, 0.5) is 0 Å². The molecule has 5 heteroatoms. The number of aliphatic hydroxyl groups excluding tert-OH is 1. The molecule has 1 saturated heterocycles. The van der Waals surface area contributed by atoms with E-state index < -0.39 is 6.10 Å². The molecule has 0 amide bonds. The maximum absolute atomic E-state index is 9.90. The molecule has 1 aliphatic heterocycles. The van der Waals surface area contributed by atoms with E-state index in [1.54, 1.807) is 6.07 Å². The highest BCUT2D eigenvalue weighted by Crippen LogP contribution is 2.27. The Bertz CT molecular complexity index is 398. The lowest BCUT2D eigenvalue weighted by Gasteiger charge is -2.24. The smallest absolute Gasteiger partial charge is 0.140 e. The van der Waals surface area contributed by atoms with Crippen LogP contribution in [0.3, 0.4) is 0 Å². The molecule has 4 nitrogen and oxygen atoms in total. The van der Waals surface area contributed by atoms with Crippen molar-refractivity contribution in [1.82, 2.24) is 0 Å². The van der Waals surface area contributed by atoms with Crippen LogP contribution in [0.25, 0.3) is 0 Å². The second kappa shape index (κ2) is 7.84. The molecule has 0 saturated carbocycles. The first kappa shape index (κ1) is 15.6. The second-order valence-electron chi connectivity index (χ2n) is 5.00. The molecule has 1 aromatic carbocycles. The van der Waals surface area contributed by atoms with Crippen molar-refractivity contribution < 1.29 is 19.3 Å². The third-order valence-corrected chi connectivity index (χ3v) is 3.57. The molecule has 1 N–H and O–H groups in total. The first-order valence-electron chi connectivity index (χ1n) is 6.92. The number of hydrogen-bond acceptors (Lipinski definition) is 4. The van der Waals surface area contributed by atoms with Crippen molar-refractivity contribution in [1.29, 1.82) is 0 Å². The maximum atomic E-state index is 9.90.